The number of rotatable bonds is 8. The lowest BCUT2D eigenvalue weighted by atomic mass is 10.1. The van der Waals surface area contributed by atoms with E-state index in [0.717, 1.165) is 5.56 Å². The summed E-state index contributed by atoms with van der Waals surface area (Å²) in [5.74, 6) is -0.149. The SMILES string of the molecule is COc1cccc(C=C2Oc3cc(OCC(=O)NCCC(=O)O)ccc3C2=O)c1. The van der Waals surface area contributed by atoms with Crippen LogP contribution in [0.25, 0.3) is 6.08 Å². The minimum absolute atomic E-state index is 0.0255. The van der Waals surface area contributed by atoms with Crippen LogP contribution in [0.1, 0.15) is 22.3 Å². The molecular weight excluding hydrogens is 378 g/mol. The number of ether oxygens (including phenoxy) is 3. The van der Waals surface area contributed by atoms with E-state index in [0.29, 0.717) is 22.8 Å². The highest BCUT2D eigenvalue weighted by Gasteiger charge is 2.27. The molecule has 0 spiro atoms. The van der Waals surface area contributed by atoms with Crippen molar-refractivity contribution in [2.75, 3.05) is 20.3 Å². The number of benzene rings is 2. The molecule has 0 saturated heterocycles. The Bertz CT molecular complexity index is 981. The van der Waals surface area contributed by atoms with E-state index in [-0.39, 0.29) is 31.1 Å². The van der Waals surface area contributed by atoms with Gasteiger partial charge in [0.05, 0.1) is 19.1 Å². The molecule has 0 unspecified atom stereocenters. The molecule has 0 bridgehead atoms. The molecule has 29 heavy (non-hydrogen) atoms. The zero-order valence-corrected chi connectivity index (χ0v) is 15.6. The van der Waals surface area contributed by atoms with E-state index in [2.05, 4.69) is 5.32 Å². The number of Topliss-reactive ketones (excluding diaryl/α,β-unsaturated/α-hetero) is 1. The van der Waals surface area contributed by atoms with Crippen LogP contribution in [0, 0.1) is 0 Å². The molecule has 1 amide bonds. The Labute approximate surface area is 166 Å². The molecule has 8 heteroatoms. The van der Waals surface area contributed by atoms with E-state index >= 15 is 0 Å². The van der Waals surface area contributed by atoms with Gasteiger partial charge in [-0.1, -0.05) is 12.1 Å². The Balaban J connectivity index is 1.64. The predicted octanol–water partition coefficient (Wildman–Crippen LogP) is 2.28. The third-order valence-electron chi connectivity index (χ3n) is 4.06. The van der Waals surface area contributed by atoms with Crippen molar-refractivity contribution in [1.82, 2.24) is 5.32 Å². The first-order valence-electron chi connectivity index (χ1n) is 8.80. The number of carbonyl (C=O) groups excluding carboxylic acids is 2. The summed E-state index contributed by atoms with van der Waals surface area (Å²) >= 11 is 0. The topological polar surface area (TPSA) is 111 Å². The number of allylic oxidation sites excluding steroid dienone is 1. The van der Waals surface area contributed by atoms with Gasteiger partial charge in [-0.25, -0.2) is 0 Å². The summed E-state index contributed by atoms with van der Waals surface area (Å²) in [6.07, 6.45) is 1.46. The zero-order chi connectivity index (χ0) is 20.8. The maximum atomic E-state index is 12.5. The average molecular weight is 397 g/mol. The zero-order valence-electron chi connectivity index (χ0n) is 15.6. The Morgan fingerprint density at radius 1 is 1.17 bits per heavy atom. The summed E-state index contributed by atoms with van der Waals surface area (Å²) < 4.78 is 16.2. The first-order chi connectivity index (χ1) is 14.0. The number of aliphatic carboxylic acids is 1. The first kappa shape index (κ1) is 19.9. The highest BCUT2D eigenvalue weighted by atomic mass is 16.5. The molecule has 0 fully saturated rings. The summed E-state index contributed by atoms with van der Waals surface area (Å²) in [7, 11) is 1.56. The summed E-state index contributed by atoms with van der Waals surface area (Å²) in [5.41, 5.74) is 1.16. The largest absolute Gasteiger partial charge is 0.497 e. The van der Waals surface area contributed by atoms with Crippen molar-refractivity contribution in [1.29, 1.82) is 0 Å². The van der Waals surface area contributed by atoms with Crippen LogP contribution in [0.3, 0.4) is 0 Å². The van der Waals surface area contributed by atoms with E-state index in [1.807, 2.05) is 12.1 Å². The molecule has 0 saturated carbocycles. The third kappa shape index (κ3) is 5.13. The molecular formula is C21H19NO7. The minimum atomic E-state index is -0.996. The van der Waals surface area contributed by atoms with Crippen molar-refractivity contribution in [2.45, 2.75) is 6.42 Å². The Morgan fingerprint density at radius 2 is 2.00 bits per heavy atom. The highest BCUT2D eigenvalue weighted by molar-refractivity contribution is 6.14. The monoisotopic (exact) mass is 397 g/mol. The predicted molar refractivity (Wildman–Crippen MR) is 103 cm³/mol. The number of carboxylic acids is 1. The van der Waals surface area contributed by atoms with Crippen LogP contribution in [0.2, 0.25) is 0 Å². The second-order valence-electron chi connectivity index (χ2n) is 6.16. The van der Waals surface area contributed by atoms with Crippen molar-refractivity contribution in [2.24, 2.45) is 0 Å². The average Bonchev–Trinajstić information content (AvgIpc) is 3.01. The van der Waals surface area contributed by atoms with E-state index in [4.69, 9.17) is 19.3 Å². The van der Waals surface area contributed by atoms with Crippen molar-refractivity contribution >= 4 is 23.7 Å². The van der Waals surface area contributed by atoms with Gasteiger partial charge in [-0.3, -0.25) is 14.4 Å². The van der Waals surface area contributed by atoms with Gasteiger partial charge in [-0.05, 0) is 35.9 Å². The van der Waals surface area contributed by atoms with Gasteiger partial charge in [0, 0.05) is 12.6 Å². The minimum Gasteiger partial charge on any atom is -0.497 e. The van der Waals surface area contributed by atoms with Gasteiger partial charge in [-0.2, -0.15) is 0 Å². The van der Waals surface area contributed by atoms with E-state index in [1.54, 1.807) is 37.5 Å². The fourth-order valence-corrected chi connectivity index (χ4v) is 2.65. The van der Waals surface area contributed by atoms with Crippen LogP contribution in [-0.4, -0.2) is 43.0 Å². The number of hydrogen-bond donors (Lipinski definition) is 2. The van der Waals surface area contributed by atoms with Crippen molar-refractivity contribution < 1.29 is 33.7 Å². The second-order valence-corrected chi connectivity index (χ2v) is 6.16. The number of hydrogen-bond acceptors (Lipinski definition) is 6. The van der Waals surface area contributed by atoms with Crippen molar-refractivity contribution in [3.05, 3.63) is 59.4 Å². The molecule has 0 radical (unpaired) electrons. The van der Waals surface area contributed by atoms with Gasteiger partial charge in [-0.15, -0.1) is 0 Å². The summed E-state index contributed by atoms with van der Waals surface area (Å²) in [4.78, 5) is 34.6. The van der Waals surface area contributed by atoms with E-state index < -0.39 is 11.9 Å². The van der Waals surface area contributed by atoms with Gasteiger partial charge in [0.2, 0.25) is 5.78 Å². The molecule has 0 aromatic heterocycles. The molecule has 0 atom stereocenters. The smallest absolute Gasteiger partial charge is 0.305 e. The lowest BCUT2D eigenvalue weighted by molar-refractivity contribution is -0.137. The van der Waals surface area contributed by atoms with Gasteiger partial charge in [0.15, 0.2) is 12.4 Å². The molecule has 3 rings (SSSR count). The van der Waals surface area contributed by atoms with Gasteiger partial charge < -0.3 is 24.6 Å². The number of amides is 1. The summed E-state index contributed by atoms with van der Waals surface area (Å²) in [6, 6.07) is 11.9. The maximum Gasteiger partial charge on any atom is 0.305 e. The molecule has 8 nitrogen and oxygen atoms in total. The molecule has 1 aliphatic rings. The standard InChI is InChI=1S/C21H19NO7/c1-27-14-4-2-3-13(9-14)10-18-21(26)16-6-5-15(11-17(16)29-18)28-12-19(23)22-8-7-20(24)25/h2-6,9-11H,7-8,12H2,1H3,(H,22,23)(H,24,25). The Kier molecular flexibility index (Phi) is 6.13. The number of methoxy groups -OCH3 is 1. The van der Waals surface area contributed by atoms with E-state index in [9.17, 15) is 14.4 Å². The summed E-state index contributed by atoms with van der Waals surface area (Å²) in [6.45, 7) is -0.253. The molecule has 0 aliphatic carbocycles. The molecule has 2 aromatic carbocycles. The number of carbonyl (C=O) groups is 3. The van der Waals surface area contributed by atoms with Crippen LogP contribution < -0.4 is 19.5 Å². The van der Waals surface area contributed by atoms with Gasteiger partial charge in [0.1, 0.15) is 17.2 Å². The Hall–Kier alpha value is -3.81. The number of ketones is 1. The summed E-state index contributed by atoms with van der Waals surface area (Å²) in [5, 5.41) is 11.0. The van der Waals surface area contributed by atoms with Gasteiger partial charge in [0.25, 0.3) is 5.91 Å². The number of fused-ring (bicyclic) bond motifs is 1. The molecule has 1 heterocycles. The quantitative estimate of drug-likeness (QED) is 0.658. The lowest BCUT2D eigenvalue weighted by Crippen LogP contribution is -2.30. The van der Waals surface area contributed by atoms with Crippen molar-refractivity contribution in [3.8, 4) is 17.2 Å². The third-order valence-corrected chi connectivity index (χ3v) is 4.06. The molecule has 2 aromatic rings. The van der Waals surface area contributed by atoms with Crippen LogP contribution in [0.4, 0.5) is 0 Å². The Morgan fingerprint density at radius 3 is 2.76 bits per heavy atom. The number of carboxylic acid groups (broad SMARTS) is 1. The first-order valence-corrected chi connectivity index (χ1v) is 8.80. The van der Waals surface area contributed by atoms with E-state index in [1.165, 1.54) is 6.07 Å². The molecule has 2 N–H and O–H groups in total. The number of nitrogens with one attached hydrogen (secondary N) is 1. The lowest BCUT2D eigenvalue weighted by Gasteiger charge is -2.07. The fraction of sp³-hybridized carbons (Fsp3) is 0.190. The highest BCUT2D eigenvalue weighted by Crippen LogP contribution is 2.35. The fourth-order valence-electron chi connectivity index (χ4n) is 2.65. The maximum absolute atomic E-state index is 12.5. The van der Waals surface area contributed by atoms with Crippen LogP contribution in [0.5, 0.6) is 17.2 Å². The van der Waals surface area contributed by atoms with Crippen LogP contribution >= 0.6 is 0 Å². The van der Waals surface area contributed by atoms with Crippen LogP contribution in [-0.2, 0) is 9.59 Å². The normalized spacial score (nSPS) is 13.6. The molecule has 150 valence electrons. The van der Waals surface area contributed by atoms with Gasteiger partial charge >= 0.3 is 5.97 Å². The second kappa shape index (κ2) is 8.92. The molecule has 1 aliphatic heterocycles. The van der Waals surface area contributed by atoms with Crippen LogP contribution in [0.15, 0.2) is 48.2 Å². The van der Waals surface area contributed by atoms with Crippen molar-refractivity contribution in [3.63, 3.8) is 0 Å².